The molecular weight excluding hydrogens is 284 g/mol. The van der Waals surface area contributed by atoms with Gasteiger partial charge in [-0.25, -0.2) is 0 Å². The van der Waals surface area contributed by atoms with Crippen LogP contribution in [-0.2, 0) is 4.79 Å². The number of Topliss-reactive ketones (excluding diaryl/α,β-unsaturated/α-hetero) is 1. The van der Waals surface area contributed by atoms with Crippen LogP contribution in [0.2, 0.25) is 0 Å². The molecule has 4 aliphatic carbocycles. The molecule has 130 valence electrons. The van der Waals surface area contributed by atoms with Gasteiger partial charge in [0.05, 0.1) is 5.60 Å². The molecule has 0 bridgehead atoms. The molecule has 0 aromatic rings. The zero-order valence-electron chi connectivity index (χ0n) is 15.1. The molecule has 1 N–H and O–H groups in total. The van der Waals surface area contributed by atoms with E-state index < -0.39 is 5.60 Å². The zero-order valence-corrected chi connectivity index (χ0v) is 15.1. The zero-order chi connectivity index (χ0) is 16.4. The van der Waals surface area contributed by atoms with E-state index >= 15 is 0 Å². The van der Waals surface area contributed by atoms with E-state index in [9.17, 15) is 9.90 Å². The molecule has 4 rings (SSSR count). The molecule has 4 saturated carbocycles. The number of ketones is 1. The lowest BCUT2D eigenvalue weighted by atomic mass is 9.50. The summed E-state index contributed by atoms with van der Waals surface area (Å²) in [5.74, 6) is 6.45. The molecule has 23 heavy (non-hydrogen) atoms. The van der Waals surface area contributed by atoms with E-state index in [0.717, 1.165) is 54.8 Å². The van der Waals surface area contributed by atoms with Gasteiger partial charge in [0.15, 0.2) is 0 Å². The third-order valence-electron chi connectivity index (χ3n) is 8.50. The van der Waals surface area contributed by atoms with Crippen molar-refractivity contribution in [1.82, 2.24) is 0 Å². The van der Waals surface area contributed by atoms with E-state index in [1.54, 1.807) is 0 Å². The largest absolute Gasteiger partial charge is 0.390 e. The van der Waals surface area contributed by atoms with E-state index in [1.807, 2.05) is 13.8 Å². The number of hydrogen-bond donors (Lipinski definition) is 1. The number of fused-ring (bicyclic) bond motifs is 5. The van der Waals surface area contributed by atoms with Crippen LogP contribution in [0.1, 0.15) is 72.1 Å². The first-order valence-corrected chi connectivity index (χ1v) is 10.1. The molecule has 9 atom stereocenters. The molecule has 0 aliphatic heterocycles. The van der Waals surface area contributed by atoms with Crippen LogP contribution in [0.3, 0.4) is 0 Å². The highest BCUT2D eigenvalue weighted by Gasteiger charge is 2.54. The minimum absolute atomic E-state index is 0.376. The minimum Gasteiger partial charge on any atom is -0.390 e. The maximum atomic E-state index is 12.0. The molecule has 2 nitrogen and oxygen atoms in total. The third kappa shape index (κ3) is 2.60. The Morgan fingerprint density at radius 1 is 0.913 bits per heavy atom. The molecule has 0 heterocycles. The van der Waals surface area contributed by atoms with Gasteiger partial charge in [-0.05, 0) is 107 Å². The second kappa shape index (κ2) is 5.58. The van der Waals surface area contributed by atoms with E-state index in [2.05, 4.69) is 6.92 Å². The van der Waals surface area contributed by atoms with Crippen molar-refractivity contribution in [1.29, 1.82) is 0 Å². The van der Waals surface area contributed by atoms with Crippen LogP contribution < -0.4 is 0 Å². The Morgan fingerprint density at radius 3 is 2.26 bits per heavy atom. The standard InChI is InChI=1S/C21H34O2/c1-12-10-19-16-5-4-14(13(2)22)15(16)6-7-17(19)18-8-9-21(3,23)11-20(12)18/h12,14-20,23H,4-11H2,1-3H3. The highest BCUT2D eigenvalue weighted by Crippen LogP contribution is 2.61. The normalized spacial score (nSPS) is 55.7. The molecule has 0 aromatic heterocycles. The molecular formula is C21H34O2. The fraction of sp³-hybridized carbons (Fsp3) is 0.952. The van der Waals surface area contributed by atoms with Crippen LogP contribution in [0.25, 0.3) is 0 Å². The van der Waals surface area contributed by atoms with Gasteiger partial charge in [-0.15, -0.1) is 0 Å². The second-order valence-electron chi connectivity index (χ2n) is 9.81. The van der Waals surface area contributed by atoms with Gasteiger partial charge >= 0.3 is 0 Å². The average molecular weight is 319 g/mol. The number of aliphatic hydroxyl groups is 1. The van der Waals surface area contributed by atoms with E-state index in [4.69, 9.17) is 0 Å². The van der Waals surface area contributed by atoms with Gasteiger partial charge in [0, 0.05) is 5.92 Å². The van der Waals surface area contributed by atoms with Gasteiger partial charge in [-0.1, -0.05) is 6.92 Å². The maximum Gasteiger partial charge on any atom is 0.133 e. The highest BCUT2D eigenvalue weighted by atomic mass is 16.3. The first-order valence-electron chi connectivity index (χ1n) is 10.1. The van der Waals surface area contributed by atoms with Gasteiger partial charge in [-0.2, -0.15) is 0 Å². The second-order valence-corrected chi connectivity index (χ2v) is 9.81. The summed E-state index contributed by atoms with van der Waals surface area (Å²) >= 11 is 0. The fourth-order valence-corrected chi connectivity index (χ4v) is 7.56. The summed E-state index contributed by atoms with van der Waals surface area (Å²) in [5, 5.41) is 10.5. The van der Waals surface area contributed by atoms with Gasteiger partial charge < -0.3 is 5.11 Å². The fourth-order valence-electron chi connectivity index (χ4n) is 7.56. The molecule has 2 heteroatoms. The lowest BCUT2D eigenvalue weighted by molar-refractivity contribution is -0.125. The maximum absolute atomic E-state index is 12.0. The molecule has 0 spiro atoms. The first-order chi connectivity index (χ1) is 10.9. The Kier molecular flexibility index (Phi) is 3.91. The van der Waals surface area contributed by atoms with Crippen LogP contribution in [0, 0.1) is 47.3 Å². The Balaban J connectivity index is 1.55. The number of rotatable bonds is 1. The van der Waals surface area contributed by atoms with Crippen molar-refractivity contribution in [3.8, 4) is 0 Å². The van der Waals surface area contributed by atoms with Crippen molar-refractivity contribution in [3.05, 3.63) is 0 Å². The van der Waals surface area contributed by atoms with Gasteiger partial charge in [-0.3, -0.25) is 4.79 Å². The van der Waals surface area contributed by atoms with E-state index in [1.165, 1.54) is 32.1 Å². The topological polar surface area (TPSA) is 37.3 Å². The Morgan fingerprint density at radius 2 is 1.52 bits per heavy atom. The van der Waals surface area contributed by atoms with Gasteiger partial charge in [0.1, 0.15) is 5.78 Å². The summed E-state index contributed by atoms with van der Waals surface area (Å²) in [7, 11) is 0. The Bertz CT molecular complexity index is 482. The van der Waals surface area contributed by atoms with E-state index in [-0.39, 0.29) is 0 Å². The summed E-state index contributed by atoms with van der Waals surface area (Å²) in [4.78, 5) is 12.0. The van der Waals surface area contributed by atoms with Crippen molar-refractivity contribution in [3.63, 3.8) is 0 Å². The van der Waals surface area contributed by atoms with Crippen LogP contribution in [0.5, 0.6) is 0 Å². The van der Waals surface area contributed by atoms with Gasteiger partial charge in [0.25, 0.3) is 0 Å². The molecule has 0 saturated heterocycles. The molecule has 4 fully saturated rings. The lowest BCUT2D eigenvalue weighted by Crippen LogP contribution is -2.50. The van der Waals surface area contributed by atoms with Crippen molar-refractivity contribution in [2.24, 2.45) is 47.3 Å². The molecule has 0 radical (unpaired) electrons. The Hall–Kier alpha value is -0.370. The van der Waals surface area contributed by atoms with Crippen LogP contribution >= 0.6 is 0 Å². The average Bonchev–Trinajstić information content (AvgIpc) is 2.91. The predicted molar refractivity (Wildman–Crippen MR) is 91.8 cm³/mol. The minimum atomic E-state index is -0.424. The summed E-state index contributed by atoms with van der Waals surface area (Å²) in [6.45, 7) is 6.31. The number of hydrogen-bond acceptors (Lipinski definition) is 2. The highest BCUT2D eigenvalue weighted by molar-refractivity contribution is 5.79. The van der Waals surface area contributed by atoms with Crippen molar-refractivity contribution in [2.45, 2.75) is 77.7 Å². The Labute approximate surface area is 141 Å². The summed E-state index contributed by atoms with van der Waals surface area (Å²) < 4.78 is 0. The summed E-state index contributed by atoms with van der Waals surface area (Å²) in [6.07, 6.45) is 9.71. The number of carbonyl (C=O) groups excluding carboxylic acids is 1. The molecule has 4 aliphatic rings. The number of carbonyl (C=O) groups is 1. The lowest BCUT2D eigenvalue weighted by Gasteiger charge is -2.56. The molecule has 0 amide bonds. The quantitative estimate of drug-likeness (QED) is 0.775. The molecule has 9 unspecified atom stereocenters. The van der Waals surface area contributed by atoms with Gasteiger partial charge in [0.2, 0.25) is 0 Å². The third-order valence-corrected chi connectivity index (χ3v) is 8.50. The summed E-state index contributed by atoms with van der Waals surface area (Å²) in [5.41, 5.74) is -0.424. The monoisotopic (exact) mass is 318 g/mol. The smallest absolute Gasteiger partial charge is 0.133 e. The van der Waals surface area contributed by atoms with Crippen LogP contribution in [0.4, 0.5) is 0 Å². The molecule has 0 aromatic carbocycles. The van der Waals surface area contributed by atoms with Crippen molar-refractivity contribution < 1.29 is 9.90 Å². The summed E-state index contributed by atoms with van der Waals surface area (Å²) in [6, 6.07) is 0. The van der Waals surface area contributed by atoms with Crippen LogP contribution in [-0.4, -0.2) is 16.5 Å². The first kappa shape index (κ1) is 16.1. The predicted octanol–water partition coefficient (Wildman–Crippen LogP) is 4.45. The van der Waals surface area contributed by atoms with E-state index in [0.29, 0.717) is 17.6 Å². The van der Waals surface area contributed by atoms with Crippen LogP contribution in [0.15, 0.2) is 0 Å². The van der Waals surface area contributed by atoms with Crippen molar-refractivity contribution in [2.75, 3.05) is 0 Å². The SMILES string of the molecule is CC(=O)C1CCC2C1CCC1C3CCC(C)(O)CC3C(C)CC21. The van der Waals surface area contributed by atoms with Crippen molar-refractivity contribution >= 4 is 5.78 Å².